The summed E-state index contributed by atoms with van der Waals surface area (Å²) in [5, 5.41) is 2.77. The Kier molecular flexibility index (Phi) is 5.07. The number of carbonyl (C=O) groups is 1. The molecule has 0 fully saturated rings. The van der Waals surface area contributed by atoms with E-state index in [1.54, 1.807) is 18.2 Å². The minimum absolute atomic E-state index is 0.226. The molecule has 2 N–H and O–H groups in total. The number of nitrogens with zero attached hydrogens (tertiary/aromatic N) is 1. The van der Waals surface area contributed by atoms with Crippen LogP contribution in [-0.2, 0) is 6.54 Å². The molecule has 7 heteroatoms. The first-order valence-electron chi connectivity index (χ1n) is 7.98. The Morgan fingerprint density at radius 3 is 2.58 bits per heavy atom. The zero-order valence-corrected chi connectivity index (χ0v) is 14.5. The summed E-state index contributed by atoms with van der Waals surface area (Å²) in [6.45, 7) is 0.293. The molecule has 0 aliphatic rings. The zero-order valence-electron chi connectivity index (χ0n) is 14.5. The van der Waals surface area contributed by atoms with Gasteiger partial charge in [0, 0.05) is 12.3 Å². The van der Waals surface area contributed by atoms with Crippen LogP contribution in [0, 0.1) is 0 Å². The lowest BCUT2D eigenvalue weighted by atomic mass is 10.2. The van der Waals surface area contributed by atoms with Gasteiger partial charge < -0.3 is 19.8 Å². The maximum absolute atomic E-state index is 12.7. The number of amides is 1. The summed E-state index contributed by atoms with van der Waals surface area (Å²) in [5.74, 6) is 0.648. The number of aromatic nitrogens is 2. The zero-order chi connectivity index (χ0) is 18.5. The Bertz CT molecular complexity index is 960. The first-order valence-corrected chi connectivity index (χ1v) is 7.98. The average molecular weight is 353 g/mol. The number of nitrogens with one attached hydrogen (secondary N) is 2. The highest BCUT2D eigenvalue weighted by Gasteiger charge is 2.17. The lowest BCUT2D eigenvalue weighted by Gasteiger charge is -2.12. The molecule has 0 bridgehead atoms. The second-order valence-electron chi connectivity index (χ2n) is 5.57. The van der Waals surface area contributed by atoms with Crippen molar-refractivity contribution in [1.29, 1.82) is 0 Å². The second kappa shape index (κ2) is 7.60. The monoisotopic (exact) mass is 353 g/mol. The number of benzene rings is 2. The van der Waals surface area contributed by atoms with E-state index in [9.17, 15) is 9.59 Å². The van der Waals surface area contributed by atoms with Crippen LogP contribution in [0.2, 0.25) is 0 Å². The molecule has 0 spiro atoms. The van der Waals surface area contributed by atoms with Gasteiger partial charge in [0.25, 0.3) is 5.91 Å². The predicted molar refractivity (Wildman–Crippen MR) is 98.1 cm³/mol. The van der Waals surface area contributed by atoms with Gasteiger partial charge in [0.05, 0.1) is 26.5 Å². The van der Waals surface area contributed by atoms with Gasteiger partial charge in [-0.1, -0.05) is 30.3 Å². The normalized spacial score (nSPS) is 10.4. The summed E-state index contributed by atoms with van der Waals surface area (Å²) in [6, 6.07) is 14.5. The summed E-state index contributed by atoms with van der Waals surface area (Å²) in [7, 11) is 3.05. The number of hydrogen-bond acceptors (Lipinski definition) is 4. The number of methoxy groups -OCH3 is 2. The fourth-order valence-corrected chi connectivity index (χ4v) is 2.60. The molecule has 0 atom stereocenters. The standard InChI is InChI=1S/C19H19N3O4/c1-25-14-8-9-17(26-2)15(10-14)21-18(23)16-11-20-19(24)22(16)12-13-6-4-3-5-7-13/h3-11H,12H2,1-2H3,(H,20,24)(H,21,23). The van der Waals surface area contributed by atoms with E-state index in [0.717, 1.165) is 5.56 Å². The molecule has 1 heterocycles. The van der Waals surface area contributed by atoms with Gasteiger partial charge in [-0.2, -0.15) is 0 Å². The van der Waals surface area contributed by atoms with E-state index < -0.39 is 5.91 Å². The van der Waals surface area contributed by atoms with E-state index in [4.69, 9.17) is 9.47 Å². The van der Waals surface area contributed by atoms with Crippen molar-refractivity contribution in [3.63, 3.8) is 0 Å². The molecule has 26 heavy (non-hydrogen) atoms. The Morgan fingerprint density at radius 1 is 1.12 bits per heavy atom. The number of imidazole rings is 1. The van der Waals surface area contributed by atoms with Gasteiger partial charge in [-0.15, -0.1) is 0 Å². The summed E-state index contributed by atoms with van der Waals surface area (Å²) in [4.78, 5) is 27.4. The molecular formula is C19H19N3O4. The number of carbonyl (C=O) groups excluding carboxylic acids is 1. The topological polar surface area (TPSA) is 85.3 Å². The van der Waals surface area contributed by atoms with Gasteiger partial charge in [0.1, 0.15) is 17.2 Å². The van der Waals surface area contributed by atoms with E-state index in [1.165, 1.54) is 25.0 Å². The van der Waals surface area contributed by atoms with Gasteiger partial charge in [-0.3, -0.25) is 9.36 Å². The number of ether oxygens (including phenoxy) is 2. The average Bonchev–Trinajstić information content (AvgIpc) is 3.03. The summed E-state index contributed by atoms with van der Waals surface area (Å²) < 4.78 is 11.8. The molecule has 0 saturated carbocycles. The van der Waals surface area contributed by atoms with Crippen LogP contribution in [0.4, 0.5) is 5.69 Å². The fourth-order valence-electron chi connectivity index (χ4n) is 2.60. The van der Waals surface area contributed by atoms with E-state index in [1.807, 2.05) is 30.3 Å². The number of rotatable bonds is 6. The Balaban J connectivity index is 1.89. The van der Waals surface area contributed by atoms with Crippen molar-refractivity contribution in [3.8, 4) is 11.5 Å². The Labute approximate surface area is 150 Å². The largest absolute Gasteiger partial charge is 0.497 e. The molecule has 1 aromatic heterocycles. The smallest absolute Gasteiger partial charge is 0.326 e. The van der Waals surface area contributed by atoms with E-state index in [-0.39, 0.29) is 11.4 Å². The van der Waals surface area contributed by atoms with Crippen molar-refractivity contribution in [2.24, 2.45) is 0 Å². The van der Waals surface area contributed by atoms with Crippen LogP contribution >= 0.6 is 0 Å². The van der Waals surface area contributed by atoms with Crippen LogP contribution in [0.3, 0.4) is 0 Å². The lowest BCUT2D eigenvalue weighted by molar-refractivity contribution is 0.101. The Morgan fingerprint density at radius 2 is 1.88 bits per heavy atom. The maximum atomic E-state index is 12.7. The van der Waals surface area contributed by atoms with Crippen molar-refractivity contribution in [3.05, 3.63) is 76.5 Å². The van der Waals surface area contributed by atoms with Crippen molar-refractivity contribution in [1.82, 2.24) is 9.55 Å². The van der Waals surface area contributed by atoms with Crippen LogP contribution < -0.4 is 20.5 Å². The fraction of sp³-hybridized carbons (Fsp3) is 0.158. The third kappa shape index (κ3) is 3.61. The van der Waals surface area contributed by atoms with Crippen molar-refractivity contribution in [2.45, 2.75) is 6.54 Å². The minimum Gasteiger partial charge on any atom is -0.497 e. The highest BCUT2D eigenvalue weighted by atomic mass is 16.5. The number of hydrogen-bond donors (Lipinski definition) is 2. The van der Waals surface area contributed by atoms with E-state index in [0.29, 0.717) is 23.7 Å². The maximum Gasteiger partial charge on any atom is 0.326 e. The van der Waals surface area contributed by atoms with Gasteiger partial charge in [-0.25, -0.2) is 4.79 Å². The molecule has 7 nitrogen and oxygen atoms in total. The molecule has 0 unspecified atom stereocenters. The van der Waals surface area contributed by atoms with Crippen LogP contribution in [0.25, 0.3) is 0 Å². The highest BCUT2D eigenvalue weighted by Crippen LogP contribution is 2.29. The molecule has 0 aliphatic carbocycles. The number of anilines is 1. The Hall–Kier alpha value is -3.48. The molecule has 1 amide bonds. The van der Waals surface area contributed by atoms with Crippen LogP contribution in [0.15, 0.2) is 59.5 Å². The van der Waals surface area contributed by atoms with Crippen molar-refractivity contribution >= 4 is 11.6 Å². The van der Waals surface area contributed by atoms with Gasteiger partial charge in [0.15, 0.2) is 0 Å². The van der Waals surface area contributed by atoms with Gasteiger partial charge in [0.2, 0.25) is 0 Å². The van der Waals surface area contributed by atoms with Gasteiger partial charge >= 0.3 is 5.69 Å². The minimum atomic E-state index is -0.425. The van der Waals surface area contributed by atoms with E-state index >= 15 is 0 Å². The lowest BCUT2D eigenvalue weighted by Crippen LogP contribution is -2.24. The van der Waals surface area contributed by atoms with Crippen LogP contribution in [-0.4, -0.2) is 29.7 Å². The molecule has 0 aliphatic heterocycles. The molecule has 0 radical (unpaired) electrons. The molecule has 3 aromatic rings. The summed E-state index contributed by atoms with van der Waals surface area (Å²) in [5.41, 5.74) is 1.25. The molecule has 3 rings (SSSR count). The molecule has 2 aromatic carbocycles. The second-order valence-corrected chi connectivity index (χ2v) is 5.57. The third-order valence-corrected chi connectivity index (χ3v) is 3.94. The molecule has 0 saturated heterocycles. The quantitative estimate of drug-likeness (QED) is 0.713. The number of H-pyrrole nitrogens is 1. The van der Waals surface area contributed by atoms with Crippen molar-refractivity contribution < 1.29 is 14.3 Å². The molecule has 134 valence electrons. The van der Waals surface area contributed by atoms with Crippen LogP contribution in [0.1, 0.15) is 16.1 Å². The van der Waals surface area contributed by atoms with Crippen molar-refractivity contribution in [2.75, 3.05) is 19.5 Å². The highest BCUT2D eigenvalue weighted by molar-refractivity contribution is 6.03. The SMILES string of the molecule is COc1ccc(OC)c(NC(=O)c2c[nH]c(=O)n2Cc2ccccc2)c1. The van der Waals surface area contributed by atoms with E-state index in [2.05, 4.69) is 10.3 Å². The van der Waals surface area contributed by atoms with Gasteiger partial charge in [-0.05, 0) is 17.7 Å². The number of aromatic amines is 1. The first kappa shape index (κ1) is 17.3. The summed E-state index contributed by atoms with van der Waals surface area (Å²) in [6.07, 6.45) is 1.40. The predicted octanol–water partition coefficient (Wildman–Crippen LogP) is 2.49. The third-order valence-electron chi connectivity index (χ3n) is 3.94. The van der Waals surface area contributed by atoms with Crippen LogP contribution in [0.5, 0.6) is 11.5 Å². The molecular weight excluding hydrogens is 334 g/mol. The summed E-state index contributed by atoms with van der Waals surface area (Å²) >= 11 is 0. The first-order chi connectivity index (χ1) is 12.6.